The van der Waals surface area contributed by atoms with Gasteiger partial charge in [0, 0.05) is 11.0 Å². The van der Waals surface area contributed by atoms with Gasteiger partial charge in [-0.1, -0.05) is 28.7 Å². The molecular weight excluding hydrogens is 309 g/mol. The summed E-state index contributed by atoms with van der Waals surface area (Å²) in [7, 11) is 0. The monoisotopic (exact) mass is 321 g/mol. The van der Waals surface area contributed by atoms with Gasteiger partial charge < -0.3 is 15.5 Å². The van der Waals surface area contributed by atoms with Crippen molar-refractivity contribution in [1.29, 1.82) is 0 Å². The van der Waals surface area contributed by atoms with E-state index in [0.29, 0.717) is 6.54 Å². The van der Waals surface area contributed by atoms with Gasteiger partial charge in [-0.15, -0.1) is 0 Å². The molecule has 0 bridgehead atoms. The summed E-state index contributed by atoms with van der Waals surface area (Å²) in [4.78, 5) is 11.5. The molecule has 0 spiro atoms. The normalized spacial score (nSPS) is 9.93. The van der Waals surface area contributed by atoms with E-state index < -0.39 is 0 Å². The van der Waals surface area contributed by atoms with Gasteiger partial charge in [0.05, 0.1) is 5.56 Å². The SMILES string of the molecule is O=C(NCCCI)c1cccc(O)c1O. The van der Waals surface area contributed by atoms with Gasteiger partial charge in [-0.3, -0.25) is 4.79 Å². The number of phenols is 2. The number of benzene rings is 1. The summed E-state index contributed by atoms with van der Waals surface area (Å²) in [6.07, 6.45) is 0.881. The summed E-state index contributed by atoms with van der Waals surface area (Å²) in [5.74, 6) is -1.02. The lowest BCUT2D eigenvalue weighted by molar-refractivity contribution is 0.0950. The molecule has 0 aliphatic heterocycles. The first-order valence-electron chi connectivity index (χ1n) is 4.52. The largest absolute Gasteiger partial charge is 0.504 e. The first-order chi connectivity index (χ1) is 7.16. The highest BCUT2D eigenvalue weighted by atomic mass is 127. The molecule has 0 unspecified atom stereocenters. The van der Waals surface area contributed by atoms with Gasteiger partial charge in [0.15, 0.2) is 11.5 Å². The smallest absolute Gasteiger partial charge is 0.255 e. The molecule has 82 valence electrons. The zero-order valence-electron chi connectivity index (χ0n) is 8.03. The van der Waals surface area contributed by atoms with Crippen LogP contribution in [0.2, 0.25) is 0 Å². The fraction of sp³-hybridized carbons (Fsp3) is 0.300. The van der Waals surface area contributed by atoms with E-state index in [9.17, 15) is 15.0 Å². The number of alkyl halides is 1. The number of para-hydroxylation sites is 1. The van der Waals surface area contributed by atoms with Gasteiger partial charge in [-0.05, 0) is 18.6 Å². The molecule has 3 N–H and O–H groups in total. The average Bonchev–Trinajstić information content (AvgIpc) is 2.22. The van der Waals surface area contributed by atoms with Gasteiger partial charge in [-0.2, -0.15) is 0 Å². The molecule has 1 aromatic rings. The quantitative estimate of drug-likeness (QED) is 0.342. The number of nitrogens with one attached hydrogen (secondary N) is 1. The Bertz CT molecular complexity index is 355. The Labute approximate surface area is 101 Å². The maximum atomic E-state index is 11.5. The van der Waals surface area contributed by atoms with Crippen molar-refractivity contribution in [1.82, 2.24) is 5.32 Å². The molecule has 0 atom stereocenters. The summed E-state index contributed by atoms with van der Waals surface area (Å²) in [5, 5.41) is 21.3. The summed E-state index contributed by atoms with van der Waals surface area (Å²) in [6, 6.07) is 4.31. The van der Waals surface area contributed by atoms with Gasteiger partial charge in [0.2, 0.25) is 0 Å². The maximum Gasteiger partial charge on any atom is 0.255 e. The van der Waals surface area contributed by atoms with Crippen LogP contribution in [0.1, 0.15) is 16.8 Å². The predicted molar refractivity (Wildman–Crippen MR) is 65.6 cm³/mol. The van der Waals surface area contributed by atoms with Crippen molar-refractivity contribution in [2.45, 2.75) is 6.42 Å². The zero-order chi connectivity index (χ0) is 11.3. The highest BCUT2D eigenvalue weighted by molar-refractivity contribution is 14.1. The Morgan fingerprint density at radius 1 is 1.40 bits per heavy atom. The Morgan fingerprint density at radius 3 is 2.80 bits per heavy atom. The average molecular weight is 321 g/mol. The van der Waals surface area contributed by atoms with E-state index in [1.807, 2.05) is 0 Å². The minimum absolute atomic E-state index is 0.100. The van der Waals surface area contributed by atoms with Gasteiger partial charge >= 0.3 is 0 Å². The number of carbonyl (C=O) groups is 1. The van der Waals surface area contributed by atoms with Crippen LogP contribution in [-0.2, 0) is 0 Å². The van der Waals surface area contributed by atoms with Gasteiger partial charge in [0.1, 0.15) is 0 Å². The minimum Gasteiger partial charge on any atom is -0.504 e. The van der Waals surface area contributed by atoms with Gasteiger partial charge in [-0.25, -0.2) is 0 Å². The van der Waals surface area contributed by atoms with Crippen molar-refractivity contribution in [2.75, 3.05) is 11.0 Å². The van der Waals surface area contributed by atoms with Crippen molar-refractivity contribution in [3.8, 4) is 11.5 Å². The molecule has 0 aliphatic carbocycles. The number of phenolic OH excluding ortho intramolecular Hbond substituents is 2. The first kappa shape index (κ1) is 12.1. The van der Waals surface area contributed by atoms with E-state index in [4.69, 9.17) is 0 Å². The van der Waals surface area contributed by atoms with Crippen LogP contribution in [0.25, 0.3) is 0 Å². The molecule has 15 heavy (non-hydrogen) atoms. The van der Waals surface area contributed by atoms with Crippen LogP contribution in [-0.4, -0.2) is 27.1 Å². The third-order valence-electron chi connectivity index (χ3n) is 1.86. The van der Waals surface area contributed by atoms with E-state index in [2.05, 4.69) is 27.9 Å². The fourth-order valence-corrected chi connectivity index (χ4v) is 1.46. The van der Waals surface area contributed by atoms with Crippen LogP contribution < -0.4 is 5.32 Å². The molecule has 0 saturated carbocycles. The molecular formula is C10H12INO3. The molecule has 1 rings (SSSR count). The van der Waals surface area contributed by atoms with Crippen LogP contribution in [0.4, 0.5) is 0 Å². The number of rotatable bonds is 4. The number of aromatic hydroxyl groups is 2. The highest BCUT2D eigenvalue weighted by Gasteiger charge is 2.12. The second-order valence-corrected chi connectivity index (χ2v) is 4.05. The molecule has 5 heteroatoms. The van der Waals surface area contributed by atoms with E-state index in [0.717, 1.165) is 10.8 Å². The number of halogens is 1. The maximum absolute atomic E-state index is 11.5. The van der Waals surface area contributed by atoms with E-state index >= 15 is 0 Å². The second kappa shape index (κ2) is 5.79. The Balaban J connectivity index is 2.69. The molecule has 4 nitrogen and oxygen atoms in total. The highest BCUT2D eigenvalue weighted by Crippen LogP contribution is 2.27. The molecule has 0 aromatic heterocycles. The molecule has 0 saturated heterocycles. The summed E-state index contributed by atoms with van der Waals surface area (Å²) < 4.78 is 0.962. The van der Waals surface area contributed by atoms with Crippen LogP contribution in [0.3, 0.4) is 0 Å². The summed E-state index contributed by atoms with van der Waals surface area (Å²) in [6.45, 7) is 0.566. The molecule has 1 aromatic carbocycles. The zero-order valence-corrected chi connectivity index (χ0v) is 10.2. The Hall–Kier alpha value is -0.980. The standard InChI is InChI=1S/C10H12INO3/c11-5-2-6-12-10(15)7-3-1-4-8(13)9(7)14/h1,3-4,13-14H,2,5-6H2,(H,12,15). The van der Waals surface area contributed by atoms with Crippen LogP contribution in [0.5, 0.6) is 11.5 Å². The number of hydrogen-bond acceptors (Lipinski definition) is 3. The van der Waals surface area contributed by atoms with Gasteiger partial charge in [0.25, 0.3) is 5.91 Å². The van der Waals surface area contributed by atoms with E-state index in [-0.39, 0.29) is 23.0 Å². The molecule has 0 heterocycles. The number of carbonyl (C=O) groups excluding carboxylic acids is 1. The molecule has 1 amide bonds. The lowest BCUT2D eigenvalue weighted by atomic mass is 10.1. The van der Waals surface area contributed by atoms with Crippen molar-refractivity contribution < 1.29 is 15.0 Å². The van der Waals surface area contributed by atoms with E-state index in [1.165, 1.54) is 18.2 Å². The third-order valence-corrected chi connectivity index (χ3v) is 2.62. The van der Waals surface area contributed by atoms with E-state index in [1.54, 1.807) is 0 Å². The summed E-state index contributed by atoms with van der Waals surface area (Å²) >= 11 is 2.22. The summed E-state index contributed by atoms with van der Waals surface area (Å²) in [5.41, 5.74) is 0.100. The third kappa shape index (κ3) is 3.26. The van der Waals surface area contributed by atoms with Crippen molar-refractivity contribution in [2.24, 2.45) is 0 Å². The van der Waals surface area contributed by atoms with Crippen molar-refractivity contribution >= 4 is 28.5 Å². The minimum atomic E-state index is -0.371. The fourth-order valence-electron chi connectivity index (χ4n) is 1.08. The number of hydrogen-bond donors (Lipinski definition) is 3. The molecule has 0 radical (unpaired) electrons. The Morgan fingerprint density at radius 2 is 2.13 bits per heavy atom. The Kier molecular flexibility index (Phi) is 4.67. The van der Waals surface area contributed by atoms with Crippen LogP contribution in [0, 0.1) is 0 Å². The molecule has 0 aliphatic rings. The van der Waals surface area contributed by atoms with Crippen molar-refractivity contribution in [3.63, 3.8) is 0 Å². The lowest BCUT2D eigenvalue weighted by Gasteiger charge is -2.06. The topological polar surface area (TPSA) is 69.6 Å². The van der Waals surface area contributed by atoms with Crippen LogP contribution >= 0.6 is 22.6 Å². The first-order valence-corrected chi connectivity index (χ1v) is 6.04. The molecule has 0 fully saturated rings. The second-order valence-electron chi connectivity index (χ2n) is 2.97. The lowest BCUT2D eigenvalue weighted by Crippen LogP contribution is -2.24. The number of amides is 1. The van der Waals surface area contributed by atoms with Crippen LogP contribution in [0.15, 0.2) is 18.2 Å². The van der Waals surface area contributed by atoms with Crippen molar-refractivity contribution in [3.05, 3.63) is 23.8 Å². The predicted octanol–water partition coefficient (Wildman–Crippen LogP) is 1.65.